The second-order valence-electron chi connectivity index (χ2n) is 17.4. The van der Waals surface area contributed by atoms with Crippen molar-refractivity contribution in [1.82, 2.24) is 10.2 Å². The highest BCUT2D eigenvalue weighted by Gasteiger charge is 2.44. The van der Waals surface area contributed by atoms with Gasteiger partial charge in [0.05, 0.1) is 25.9 Å². The lowest BCUT2D eigenvalue weighted by Gasteiger charge is -2.45. The van der Waals surface area contributed by atoms with E-state index >= 15 is 0 Å². The number of amides is 2. The number of hydrogen-bond acceptors (Lipinski definition) is 6. The first-order valence-electron chi connectivity index (χ1n) is 22.1. The van der Waals surface area contributed by atoms with Crippen LogP contribution < -0.4 is 5.32 Å². The Kier molecular flexibility index (Phi) is 13.8. The molecule has 1 aliphatic heterocycles. The van der Waals surface area contributed by atoms with Gasteiger partial charge in [-0.1, -0.05) is 182 Å². The molecule has 2 amide bonds. The minimum Gasteiger partial charge on any atom is -0.445 e. The van der Waals surface area contributed by atoms with Crippen LogP contribution >= 0.6 is 0 Å². The predicted molar refractivity (Wildman–Crippen MR) is 252 cm³/mol. The lowest BCUT2D eigenvalue weighted by Crippen LogP contribution is -2.54. The highest BCUT2D eigenvalue weighted by molar-refractivity contribution is 5.83. The molecule has 0 aliphatic carbocycles. The summed E-state index contributed by atoms with van der Waals surface area (Å²) in [4.78, 5) is 28.6. The van der Waals surface area contributed by atoms with Crippen LogP contribution in [-0.2, 0) is 44.3 Å². The highest BCUT2D eigenvalue weighted by Crippen LogP contribution is 2.43. The van der Waals surface area contributed by atoms with Crippen LogP contribution in [0.4, 0.5) is 9.59 Å². The third kappa shape index (κ3) is 10.7. The minimum atomic E-state index is -0.980. The Hall–Kier alpha value is -6.74. The summed E-state index contributed by atoms with van der Waals surface area (Å²) in [5.41, 5.74) is 5.21. The highest BCUT2D eigenvalue weighted by atomic mass is 16.6. The van der Waals surface area contributed by atoms with E-state index in [2.05, 4.69) is 84.2 Å². The number of likely N-dealkylation sites (tertiary alicyclic amines) is 1. The Morgan fingerprint density at radius 3 is 1.73 bits per heavy atom. The maximum atomic E-state index is 14.1. The molecule has 1 N–H and O–H groups in total. The summed E-state index contributed by atoms with van der Waals surface area (Å²) >= 11 is 0. The Morgan fingerprint density at radius 2 is 1.14 bits per heavy atom. The van der Waals surface area contributed by atoms with Crippen LogP contribution in [0.25, 0.3) is 10.8 Å². The first-order chi connectivity index (χ1) is 31.1. The van der Waals surface area contributed by atoms with Crippen LogP contribution in [0.2, 0.25) is 0 Å². The van der Waals surface area contributed by atoms with Crippen molar-refractivity contribution in [2.24, 2.45) is 5.92 Å². The number of alkyl carbamates (subject to hydrolysis) is 1. The summed E-state index contributed by atoms with van der Waals surface area (Å²) in [5, 5.41) is 5.13. The smallest absolute Gasteiger partial charge is 0.410 e. The molecule has 0 bridgehead atoms. The number of rotatable bonds is 14. The second-order valence-corrected chi connectivity index (χ2v) is 17.4. The van der Waals surface area contributed by atoms with Crippen molar-refractivity contribution >= 4 is 23.0 Å². The molecule has 64 heavy (non-hydrogen) atoms. The van der Waals surface area contributed by atoms with Crippen molar-refractivity contribution in [1.29, 1.82) is 0 Å². The van der Waals surface area contributed by atoms with Gasteiger partial charge in [0.15, 0.2) is 0 Å². The summed E-state index contributed by atoms with van der Waals surface area (Å²) in [7, 11) is 0. The van der Waals surface area contributed by atoms with Crippen LogP contribution in [0.15, 0.2) is 188 Å². The molecule has 0 spiro atoms. The maximum Gasteiger partial charge on any atom is 0.410 e. The Morgan fingerprint density at radius 1 is 0.594 bits per heavy atom. The lowest BCUT2D eigenvalue weighted by molar-refractivity contribution is -0.0821. The molecule has 3 atom stereocenters. The van der Waals surface area contributed by atoms with Gasteiger partial charge >= 0.3 is 12.2 Å². The SMILES string of the molecule is CC(C)(C)OC(=O)N1CC(COC(c2ccccc2)(c2ccccc2)c2ccccc2)C(c2ccc(COC(=O)NCc3ccccc3)cc2)C(OCc2ccc3ccccc3c2)C1. The Balaban J connectivity index is 1.14. The fourth-order valence-corrected chi connectivity index (χ4v) is 8.72. The molecular formula is C56H56N2O6. The van der Waals surface area contributed by atoms with Crippen LogP contribution in [0.3, 0.4) is 0 Å². The molecule has 326 valence electrons. The van der Waals surface area contributed by atoms with E-state index in [-0.39, 0.29) is 25.0 Å². The Bertz CT molecular complexity index is 2480. The fraction of sp³-hybridized carbons (Fsp3) is 0.250. The number of carbonyl (C=O) groups excluding carboxylic acids is 2. The van der Waals surface area contributed by atoms with Gasteiger partial charge in [0, 0.05) is 24.9 Å². The summed E-state index contributed by atoms with van der Waals surface area (Å²) < 4.78 is 26.2. The van der Waals surface area contributed by atoms with Crippen LogP contribution in [-0.4, -0.2) is 48.5 Å². The van der Waals surface area contributed by atoms with Gasteiger partial charge in [0.2, 0.25) is 0 Å². The average molecular weight is 853 g/mol. The minimum absolute atomic E-state index is 0.111. The maximum absolute atomic E-state index is 14.1. The molecule has 0 saturated carbocycles. The van der Waals surface area contributed by atoms with Gasteiger partial charge in [-0.05, 0) is 76.6 Å². The number of nitrogens with zero attached hydrogens (tertiary/aromatic N) is 1. The van der Waals surface area contributed by atoms with Crippen LogP contribution in [0.5, 0.6) is 0 Å². The van der Waals surface area contributed by atoms with E-state index in [1.165, 1.54) is 0 Å². The average Bonchev–Trinajstić information content (AvgIpc) is 3.33. The first kappa shape index (κ1) is 43.9. The van der Waals surface area contributed by atoms with E-state index in [1.54, 1.807) is 4.90 Å². The molecule has 1 saturated heterocycles. The van der Waals surface area contributed by atoms with E-state index < -0.39 is 29.5 Å². The number of benzene rings is 7. The molecule has 3 unspecified atom stereocenters. The van der Waals surface area contributed by atoms with Crippen molar-refractivity contribution in [3.05, 3.63) is 227 Å². The van der Waals surface area contributed by atoms with Gasteiger partial charge < -0.3 is 29.2 Å². The molecular weight excluding hydrogens is 797 g/mol. The molecule has 1 heterocycles. The summed E-state index contributed by atoms with van der Waals surface area (Å²) in [5.74, 6) is -0.451. The number of piperidine rings is 1. The fourth-order valence-electron chi connectivity index (χ4n) is 8.72. The zero-order valence-corrected chi connectivity index (χ0v) is 36.8. The van der Waals surface area contributed by atoms with Crippen molar-refractivity contribution < 1.29 is 28.5 Å². The summed E-state index contributed by atoms with van der Waals surface area (Å²) in [6.45, 7) is 7.45. The largest absolute Gasteiger partial charge is 0.445 e. The van der Waals surface area contributed by atoms with E-state index in [0.29, 0.717) is 26.2 Å². The molecule has 8 nitrogen and oxygen atoms in total. The lowest BCUT2D eigenvalue weighted by atomic mass is 9.77. The van der Waals surface area contributed by atoms with Crippen molar-refractivity contribution in [2.45, 2.75) is 63.8 Å². The van der Waals surface area contributed by atoms with Gasteiger partial charge in [-0.25, -0.2) is 9.59 Å². The van der Waals surface area contributed by atoms with E-state index in [0.717, 1.165) is 49.7 Å². The molecule has 0 radical (unpaired) electrons. The monoisotopic (exact) mass is 852 g/mol. The molecule has 7 aromatic carbocycles. The normalized spacial score (nSPS) is 16.5. The van der Waals surface area contributed by atoms with Crippen LogP contribution in [0.1, 0.15) is 65.6 Å². The standard InChI is InChI=1S/C56H56N2O6/c1-55(2,3)64-54(60)58-36-47(40-63-56(48-22-10-5-11-23-48,49-24-12-6-13-25-49)50-26-14-7-15-27-50)52(51(37-58)61-39-43-30-31-44-20-16-17-21-46(44)34-43)45-32-28-42(29-33-45)38-62-53(59)57-35-41-18-8-4-9-19-41/h4-34,47,51-52H,35-40H2,1-3H3,(H,57,59). The zero-order valence-electron chi connectivity index (χ0n) is 36.8. The third-order valence-electron chi connectivity index (χ3n) is 11.8. The van der Waals surface area contributed by atoms with Crippen molar-refractivity contribution in [3.63, 3.8) is 0 Å². The van der Waals surface area contributed by atoms with E-state index in [9.17, 15) is 9.59 Å². The second kappa shape index (κ2) is 20.2. The van der Waals surface area contributed by atoms with Gasteiger partial charge in [0.1, 0.15) is 17.8 Å². The number of carbonyl (C=O) groups is 2. The quantitative estimate of drug-likeness (QED) is 0.110. The van der Waals surface area contributed by atoms with Gasteiger partial charge in [-0.15, -0.1) is 0 Å². The molecule has 1 aliphatic rings. The molecule has 0 aromatic heterocycles. The number of fused-ring (bicyclic) bond motifs is 1. The molecule has 8 heteroatoms. The summed E-state index contributed by atoms with van der Waals surface area (Å²) in [6.07, 6.45) is -1.32. The summed E-state index contributed by atoms with van der Waals surface area (Å²) in [6, 6.07) is 63.6. The molecule has 7 aromatic rings. The van der Waals surface area contributed by atoms with E-state index in [1.807, 2.05) is 130 Å². The van der Waals surface area contributed by atoms with Crippen molar-refractivity contribution in [3.8, 4) is 0 Å². The van der Waals surface area contributed by atoms with Gasteiger partial charge in [0.25, 0.3) is 0 Å². The number of nitrogens with one attached hydrogen (secondary N) is 1. The molecule has 8 rings (SSSR count). The first-order valence-corrected chi connectivity index (χ1v) is 22.1. The molecule has 1 fully saturated rings. The zero-order chi connectivity index (χ0) is 44.4. The van der Waals surface area contributed by atoms with E-state index in [4.69, 9.17) is 18.9 Å². The predicted octanol–water partition coefficient (Wildman–Crippen LogP) is 11.8. The number of hydrogen-bond donors (Lipinski definition) is 1. The van der Waals surface area contributed by atoms with Gasteiger partial charge in [-0.2, -0.15) is 0 Å². The van der Waals surface area contributed by atoms with Crippen molar-refractivity contribution in [2.75, 3.05) is 19.7 Å². The van der Waals surface area contributed by atoms with Crippen LogP contribution in [0, 0.1) is 5.92 Å². The number of ether oxygens (including phenoxy) is 4. The third-order valence-corrected chi connectivity index (χ3v) is 11.8. The Labute approximate surface area is 376 Å². The van der Waals surface area contributed by atoms with Gasteiger partial charge in [-0.3, -0.25) is 0 Å². The topological polar surface area (TPSA) is 86.3 Å².